The molecule has 1 aliphatic heterocycles. The highest BCUT2D eigenvalue weighted by atomic mass is 16.5. The molecular formula is C19H28N4O3. The Hall–Kier alpha value is -2.54. The minimum Gasteiger partial charge on any atom is -0.495 e. The van der Waals surface area contributed by atoms with Crippen molar-refractivity contribution in [3.05, 3.63) is 36.9 Å². The van der Waals surface area contributed by atoms with Crippen LogP contribution in [0, 0.1) is 0 Å². The molecule has 7 heteroatoms. The number of ether oxygens (including phenoxy) is 1. The summed E-state index contributed by atoms with van der Waals surface area (Å²) in [7, 11) is 1.70. The molecule has 2 rings (SSSR count). The van der Waals surface area contributed by atoms with Gasteiger partial charge < -0.3 is 20.3 Å². The molecule has 1 fully saturated rings. The van der Waals surface area contributed by atoms with E-state index < -0.39 is 11.8 Å². The highest BCUT2D eigenvalue weighted by molar-refractivity contribution is 6.35. The number of amides is 2. The zero-order valence-corrected chi connectivity index (χ0v) is 15.4. The average molecular weight is 360 g/mol. The van der Waals surface area contributed by atoms with Crippen LogP contribution in [0.5, 0.6) is 5.75 Å². The van der Waals surface area contributed by atoms with E-state index in [1.165, 1.54) is 6.08 Å². The molecule has 0 radical (unpaired) electrons. The normalized spacial score (nSPS) is 14.6. The molecule has 7 nitrogen and oxygen atoms in total. The van der Waals surface area contributed by atoms with Gasteiger partial charge in [-0.25, -0.2) is 0 Å². The third-order valence-corrected chi connectivity index (χ3v) is 4.35. The number of piperazine rings is 1. The maximum Gasteiger partial charge on any atom is 0.309 e. The van der Waals surface area contributed by atoms with Crippen LogP contribution in [0.2, 0.25) is 0 Å². The number of carbonyl (C=O) groups excluding carboxylic acids is 2. The topological polar surface area (TPSA) is 73.9 Å². The van der Waals surface area contributed by atoms with Crippen molar-refractivity contribution in [2.45, 2.75) is 6.42 Å². The molecule has 0 saturated carbocycles. The van der Waals surface area contributed by atoms with Gasteiger partial charge in [-0.1, -0.05) is 18.2 Å². The van der Waals surface area contributed by atoms with Crippen LogP contribution in [0.4, 0.5) is 5.69 Å². The summed E-state index contributed by atoms with van der Waals surface area (Å²) in [5.74, 6) is -0.304. The van der Waals surface area contributed by atoms with Crippen LogP contribution >= 0.6 is 0 Å². The SMILES string of the molecule is C=CCNC(=O)C(=O)NCCCN1CCN(c2ccccc2OC)CC1. The second-order valence-corrected chi connectivity index (χ2v) is 6.11. The van der Waals surface area contributed by atoms with Crippen molar-refractivity contribution < 1.29 is 14.3 Å². The standard InChI is InChI=1S/C19H28N4O3/c1-3-9-20-18(24)19(25)21-10-6-11-22-12-14-23(15-13-22)16-7-4-5-8-17(16)26-2/h3-5,7-8H,1,6,9-15H2,2H3,(H,20,24)(H,21,25). The van der Waals surface area contributed by atoms with Crippen molar-refractivity contribution in [3.8, 4) is 5.75 Å². The monoisotopic (exact) mass is 360 g/mol. The number of carbonyl (C=O) groups is 2. The van der Waals surface area contributed by atoms with Crippen LogP contribution in [0.3, 0.4) is 0 Å². The van der Waals surface area contributed by atoms with E-state index in [1.54, 1.807) is 7.11 Å². The number of nitrogens with zero attached hydrogens (tertiary/aromatic N) is 2. The molecule has 1 aromatic carbocycles. The summed E-state index contributed by atoms with van der Waals surface area (Å²) in [6, 6.07) is 8.07. The van der Waals surface area contributed by atoms with Gasteiger partial charge in [0.25, 0.3) is 0 Å². The summed E-state index contributed by atoms with van der Waals surface area (Å²) in [6.07, 6.45) is 2.35. The lowest BCUT2D eigenvalue weighted by Crippen LogP contribution is -2.47. The highest BCUT2D eigenvalue weighted by Gasteiger charge is 2.19. The van der Waals surface area contributed by atoms with Gasteiger partial charge in [-0.15, -0.1) is 6.58 Å². The van der Waals surface area contributed by atoms with Crippen molar-refractivity contribution >= 4 is 17.5 Å². The van der Waals surface area contributed by atoms with Crippen molar-refractivity contribution in [1.82, 2.24) is 15.5 Å². The second-order valence-electron chi connectivity index (χ2n) is 6.11. The smallest absolute Gasteiger partial charge is 0.309 e. The van der Waals surface area contributed by atoms with E-state index in [9.17, 15) is 9.59 Å². The van der Waals surface area contributed by atoms with Gasteiger partial charge in [0.1, 0.15) is 5.75 Å². The molecule has 0 bridgehead atoms. The van der Waals surface area contributed by atoms with Crippen LogP contribution in [-0.2, 0) is 9.59 Å². The fourth-order valence-corrected chi connectivity index (χ4v) is 2.93. The van der Waals surface area contributed by atoms with Crippen molar-refractivity contribution in [2.75, 3.05) is 57.8 Å². The Labute approximate surface area is 155 Å². The predicted molar refractivity (Wildman–Crippen MR) is 102 cm³/mol. The first-order chi connectivity index (χ1) is 12.7. The lowest BCUT2D eigenvalue weighted by Gasteiger charge is -2.36. The van der Waals surface area contributed by atoms with Gasteiger partial charge in [0.15, 0.2) is 0 Å². The number of hydrogen-bond donors (Lipinski definition) is 2. The Morgan fingerprint density at radius 2 is 1.85 bits per heavy atom. The van der Waals surface area contributed by atoms with E-state index in [1.807, 2.05) is 18.2 Å². The summed E-state index contributed by atoms with van der Waals surface area (Å²) in [5, 5.41) is 5.10. The first-order valence-electron chi connectivity index (χ1n) is 8.93. The minimum atomic E-state index is -0.615. The molecule has 0 atom stereocenters. The summed E-state index contributed by atoms with van der Waals surface area (Å²) in [5.41, 5.74) is 1.13. The Kier molecular flexibility index (Phi) is 7.95. The highest BCUT2D eigenvalue weighted by Crippen LogP contribution is 2.28. The molecule has 2 N–H and O–H groups in total. The van der Waals surface area contributed by atoms with Gasteiger partial charge >= 0.3 is 11.8 Å². The Balaban J connectivity index is 1.65. The van der Waals surface area contributed by atoms with Crippen molar-refractivity contribution in [3.63, 3.8) is 0 Å². The van der Waals surface area contributed by atoms with Crippen LogP contribution < -0.4 is 20.3 Å². The molecule has 26 heavy (non-hydrogen) atoms. The largest absolute Gasteiger partial charge is 0.495 e. The summed E-state index contributed by atoms with van der Waals surface area (Å²) >= 11 is 0. The maximum absolute atomic E-state index is 11.6. The molecule has 0 unspecified atom stereocenters. The fourth-order valence-electron chi connectivity index (χ4n) is 2.93. The molecule has 1 aliphatic rings. The number of methoxy groups -OCH3 is 1. The first kappa shape index (κ1) is 19.8. The van der Waals surface area contributed by atoms with Gasteiger partial charge in [-0.3, -0.25) is 14.5 Å². The molecule has 1 aromatic rings. The second kappa shape index (κ2) is 10.5. The summed E-state index contributed by atoms with van der Waals surface area (Å²) in [4.78, 5) is 27.7. The number of nitrogens with one attached hydrogen (secondary N) is 2. The third-order valence-electron chi connectivity index (χ3n) is 4.35. The van der Waals surface area contributed by atoms with E-state index >= 15 is 0 Å². The number of para-hydroxylation sites is 2. The van der Waals surface area contributed by atoms with Gasteiger partial charge in [0.2, 0.25) is 0 Å². The van der Waals surface area contributed by atoms with E-state index in [0.29, 0.717) is 13.1 Å². The van der Waals surface area contributed by atoms with E-state index in [0.717, 1.165) is 50.6 Å². The van der Waals surface area contributed by atoms with Crippen LogP contribution in [-0.4, -0.2) is 69.6 Å². The number of hydrogen-bond acceptors (Lipinski definition) is 5. The molecule has 142 valence electrons. The molecule has 2 amide bonds. The van der Waals surface area contributed by atoms with Crippen LogP contribution in [0.25, 0.3) is 0 Å². The lowest BCUT2D eigenvalue weighted by molar-refractivity contribution is -0.139. The molecular weight excluding hydrogens is 332 g/mol. The van der Waals surface area contributed by atoms with Crippen LogP contribution in [0.15, 0.2) is 36.9 Å². The fraction of sp³-hybridized carbons (Fsp3) is 0.474. The molecule has 1 heterocycles. The lowest BCUT2D eigenvalue weighted by atomic mass is 10.2. The zero-order chi connectivity index (χ0) is 18.8. The van der Waals surface area contributed by atoms with E-state index in [2.05, 4.69) is 33.1 Å². The van der Waals surface area contributed by atoms with E-state index in [4.69, 9.17) is 4.74 Å². The Bertz CT molecular complexity index is 613. The average Bonchev–Trinajstić information content (AvgIpc) is 2.69. The molecule has 1 saturated heterocycles. The maximum atomic E-state index is 11.6. The Morgan fingerprint density at radius 3 is 2.54 bits per heavy atom. The van der Waals surface area contributed by atoms with Gasteiger partial charge in [-0.05, 0) is 25.1 Å². The van der Waals surface area contributed by atoms with Crippen molar-refractivity contribution in [1.29, 1.82) is 0 Å². The number of anilines is 1. The Morgan fingerprint density at radius 1 is 1.15 bits per heavy atom. The van der Waals surface area contributed by atoms with E-state index in [-0.39, 0.29) is 0 Å². The summed E-state index contributed by atoms with van der Waals surface area (Å²) < 4.78 is 5.44. The molecule has 0 spiro atoms. The quantitative estimate of drug-likeness (QED) is 0.404. The minimum absolute atomic E-state index is 0.294. The number of benzene rings is 1. The van der Waals surface area contributed by atoms with Crippen molar-refractivity contribution in [2.24, 2.45) is 0 Å². The predicted octanol–water partition coefficient (Wildman–Crippen LogP) is 0.626. The first-order valence-corrected chi connectivity index (χ1v) is 8.93. The molecule has 0 aliphatic carbocycles. The third kappa shape index (κ3) is 5.77. The van der Waals surface area contributed by atoms with Gasteiger partial charge in [-0.2, -0.15) is 0 Å². The van der Waals surface area contributed by atoms with Crippen LogP contribution in [0.1, 0.15) is 6.42 Å². The van der Waals surface area contributed by atoms with Gasteiger partial charge in [0, 0.05) is 39.3 Å². The number of rotatable bonds is 8. The summed E-state index contributed by atoms with van der Waals surface area (Å²) in [6.45, 7) is 8.99. The molecule has 0 aromatic heterocycles. The van der Waals surface area contributed by atoms with Gasteiger partial charge in [0.05, 0.1) is 12.8 Å². The zero-order valence-electron chi connectivity index (χ0n) is 15.4.